The molecular weight excluding hydrogens is 206 g/mol. The number of nitrogens with zero attached hydrogens (tertiary/aromatic N) is 1. The standard InChI is InChI=1S/C16H25N/c1-3-9-16-12-7-8-13-17(16)14(2)15-10-5-4-6-11-15/h4-6,10-11,14,16H,3,7-9,12-13H2,1-2H3/t14-,16+/m1/s1. The van der Waals surface area contributed by atoms with Gasteiger partial charge < -0.3 is 0 Å². The van der Waals surface area contributed by atoms with E-state index in [1.807, 2.05) is 0 Å². The van der Waals surface area contributed by atoms with Crippen molar-refractivity contribution in [2.45, 2.75) is 58.0 Å². The van der Waals surface area contributed by atoms with E-state index >= 15 is 0 Å². The van der Waals surface area contributed by atoms with Gasteiger partial charge in [-0.3, -0.25) is 4.90 Å². The molecular formula is C16H25N. The zero-order valence-electron chi connectivity index (χ0n) is 11.2. The Morgan fingerprint density at radius 3 is 2.71 bits per heavy atom. The average molecular weight is 231 g/mol. The quantitative estimate of drug-likeness (QED) is 0.742. The molecule has 1 aromatic carbocycles. The highest BCUT2D eigenvalue weighted by molar-refractivity contribution is 5.18. The molecule has 17 heavy (non-hydrogen) atoms. The first kappa shape index (κ1) is 12.6. The van der Waals surface area contributed by atoms with Crippen LogP contribution in [0.25, 0.3) is 0 Å². The van der Waals surface area contributed by atoms with Gasteiger partial charge in [-0.1, -0.05) is 50.1 Å². The molecule has 0 bridgehead atoms. The first-order valence-corrected chi connectivity index (χ1v) is 7.13. The van der Waals surface area contributed by atoms with Crippen molar-refractivity contribution >= 4 is 0 Å². The monoisotopic (exact) mass is 231 g/mol. The minimum atomic E-state index is 0.577. The molecule has 0 aromatic heterocycles. The average Bonchev–Trinajstić information content (AvgIpc) is 2.40. The maximum absolute atomic E-state index is 2.72. The van der Waals surface area contributed by atoms with E-state index in [1.54, 1.807) is 0 Å². The third-order valence-electron chi connectivity index (χ3n) is 4.07. The second-order valence-corrected chi connectivity index (χ2v) is 5.26. The highest BCUT2D eigenvalue weighted by Gasteiger charge is 2.26. The van der Waals surface area contributed by atoms with Crippen molar-refractivity contribution in [1.82, 2.24) is 4.90 Å². The van der Waals surface area contributed by atoms with Gasteiger partial charge in [0.25, 0.3) is 0 Å². The Kier molecular flexibility index (Phi) is 4.61. The van der Waals surface area contributed by atoms with Crippen LogP contribution in [-0.2, 0) is 0 Å². The third-order valence-corrected chi connectivity index (χ3v) is 4.07. The Balaban J connectivity index is 2.08. The number of hydrogen-bond acceptors (Lipinski definition) is 1. The van der Waals surface area contributed by atoms with E-state index in [1.165, 1.54) is 44.2 Å². The van der Waals surface area contributed by atoms with Crippen LogP contribution in [-0.4, -0.2) is 17.5 Å². The van der Waals surface area contributed by atoms with Gasteiger partial charge in [-0.25, -0.2) is 0 Å². The maximum Gasteiger partial charge on any atom is 0.0322 e. The lowest BCUT2D eigenvalue weighted by Gasteiger charge is -2.40. The molecule has 2 atom stereocenters. The van der Waals surface area contributed by atoms with Gasteiger partial charge in [0.15, 0.2) is 0 Å². The van der Waals surface area contributed by atoms with Crippen LogP contribution in [0.5, 0.6) is 0 Å². The predicted molar refractivity (Wildman–Crippen MR) is 74.1 cm³/mol. The maximum atomic E-state index is 2.72. The molecule has 1 aromatic rings. The van der Waals surface area contributed by atoms with Crippen molar-refractivity contribution < 1.29 is 0 Å². The molecule has 0 unspecified atom stereocenters. The molecule has 2 rings (SSSR count). The summed E-state index contributed by atoms with van der Waals surface area (Å²) in [5, 5.41) is 0. The fourth-order valence-corrected chi connectivity index (χ4v) is 3.10. The highest BCUT2D eigenvalue weighted by Crippen LogP contribution is 2.30. The smallest absolute Gasteiger partial charge is 0.0322 e. The minimum Gasteiger partial charge on any atom is -0.294 e. The van der Waals surface area contributed by atoms with Crippen LogP contribution in [0.15, 0.2) is 30.3 Å². The molecule has 1 nitrogen and oxygen atoms in total. The van der Waals surface area contributed by atoms with E-state index in [4.69, 9.17) is 0 Å². The van der Waals surface area contributed by atoms with Crippen molar-refractivity contribution in [3.63, 3.8) is 0 Å². The lowest BCUT2D eigenvalue weighted by Crippen LogP contribution is -2.41. The summed E-state index contributed by atoms with van der Waals surface area (Å²) in [6.45, 7) is 5.95. The number of piperidine rings is 1. The fourth-order valence-electron chi connectivity index (χ4n) is 3.10. The van der Waals surface area contributed by atoms with Gasteiger partial charge in [0.2, 0.25) is 0 Å². The summed E-state index contributed by atoms with van der Waals surface area (Å²) in [6, 6.07) is 12.3. The van der Waals surface area contributed by atoms with Gasteiger partial charge >= 0.3 is 0 Å². The van der Waals surface area contributed by atoms with Gasteiger partial charge in [-0.15, -0.1) is 0 Å². The summed E-state index contributed by atoms with van der Waals surface area (Å²) in [5.74, 6) is 0. The molecule has 1 fully saturated rings. The molecule has 1 heterocycles. The summed E-state index contributed by atoms with van der Waals surface area (Å²) in [4.78, 5) is 2.72. The van der Waals surface area contributed by atoms with Crippen LogP contribution in [0.4, 0.5) is 0 Å². The zero-order chi connectivity index (χ0) is 12.1. The molecule has 1 aliphatic rings. The van der Waals surface area contributed by atoms with Crippen LogP contribution in [0.3, 0.4) is 0 Å². The van der Waals surface area contributed by atoms with Crippen molar-refractivity contribution in [2.24, 2.45) is 0 Å². The summed E-state index contributed by atoms with van der Waals surface area (Å²) >= 11 is 0. The Labute approximate surface area is 106 Å². The van der Waals surface area contributed by atoms with Gasteiger partial charge in [-0.05, 0) is 38.3 Å². The van der Waals surface area contributed by atoms with Crippen LogP contribution in [0.1, 0.15) is 57.6 Å². The van der Waals surface area contributed by atoms with E-state index < -0.39 is 0 Å². The Morgan fingerprint density at radius 1 is 1.24 bits per heavy atom. The van der Waals surface area contributed by atoms with E-state index in [-0.39, 0.29) is 0 Å². The number of rotatable bonds is 4. The number of hydrogen-bond donors (Lipinski definition) is 0. The number of benzene rings is 1. The van der Waals surface area contributed by atoms with Crippen molar-refractivity contribution in [2.75, 3.05) is 6.54 Å². The summed E-state index contributed by atoms with van der Waals surface area (Å²) in [6.07, 6.45) is 6.85. The largest absolute Gasteiger partial charge is 0.294 e. The van der Waals surface area contributed by atoms with Crippen molar-refractivity contribution in [3.05, 3.63) is 35.9 Å². The second-order valence-electron chi connectivity index (χ2n) is 5.26. The molecule has 1 saturated heterocycles. The van der Waals surface area contributed by atoms with Crippen LogP contribution in [0, 0.1) is 0 Å². The molecule has 0 amide bonds. The van der Waals surface area contributed by atoms with Crippen molar-refractivity contribution in [1.29, 1.82) is 0 Å². The molecule has 0 radical (unpaired) electrons. The zero-order valence-corrected chi connectivity index (χ0v) is 11.2. The lowest BCUT2D eigenvalue weighted by molar-refractivity contribution is 0.0963. The second kappa shape index (κ2) is 6.20. The molecule has 94 valence electrons. The molecule has 0 aliphatic carbocycles. The van der Waals surface area contributed by atoms with E-state index in [0.29, 0.717) is 6.04 Å². The van der Waals surface area contributed by atoms with E-state index in [9.17, 15) is 0 Å². The van der Waals surface area contributed by atoms with Crippen LogP contribution in [0.2, 0.25) is 0 Å². The van der Waals surface area contributed by atoms with Gasteiger partial charge in [-0.2, -0.15) is 0 Å². The highest BCUT2D eigenvalue weighted by atomic mass is 15.2. The minimum absolute atomic E-state index is 0.577. The molecule has 0 N–H and O–H groups in total. The fraction of sp³-hybridized carbons (Fsp3) is 0.625. The lowest BCUT2D eigenvalue weighted by atomic mass is 9.94. The summed E-state index contributed by atoms with van der Waals surface area (Å²) < 4.78 is 0. The summed E-state index contributed by atoms with van der Waals surface area (Å²) in [7, 11) is 0. The Bertz CT molecular complexity index is 318. The van der Waals surface area contributed by atoms with Gasteiger partial charge in [0, 0.05) is 12.1 Å². The third kappa shape index (κ3) is 3.10. The first-order chi connectivity index (χ1) is 8.33. The van der Waals surface area contributed by atoms with Gasteiger partial charge in [0.05, 0.1) is 0 Å². The first-order valence-electron chi connectivity index (χ1n) is 7.13. The van der Waals surface area contributed by atoms with E-state index in [0.717, 1.165) is 6.04 Å². The van der Waals surface area contributed by atoms with E-state index in [2.05, 4.69) is 49.1 Å². The van der Waals surface area contributed by atoms with Crippen molar-refractivity contribution in [3.8, 4) is 0 Å². The van der Waals surface area contributed by atoms with Gasteiger partial charge in [0.1, 0.15) is 0 Å². The molecule has 1 aliphatic heterocycles. The topological polar surface area (TPSA) is 3.24 Å². The molecule has 0 saturated carbocycles. The molecule has 0 spiro atoms. The SMILES string of the molecule is CCC[C@H]1CCCCN1[C@H](C)c1ccccc1. The Hall–Kier alpha value is -0.820. The summed E-state index contributed by atoms with van der Waals surface area (Å²) in [5.41, 5.74) is 1.47. The van der Waals surface area contributed by atoms with Crippen LogP contribution >= 0.6 is 0 Å². The molecule has 1 heteroatoms. The predicted octanol–water partition coefficient (Wildman–Crippen LogP) is 4.40. The normalized spacial score (nSPS) is 23.5. The number of likely N-dealkylation sites (tertiary alicyclic amines) is 1. The Morgan fingerprint density at radius 2 is 2.00 bits per heavy atom. The van der Waals surface area contributed by atoms with Crippen LogP contribution < -0.4 is 0 Å².